The van der Waals surface area contributed by atoms with Gasteiger partial charge in [0, 0.05) is 99.4 Å². The van der Waals surface area contributed by atoms with Crippen LogP contribution in [0.4, 0.5) is 0 Å². The Bertz CT molecular complexity index is 1690. The smallest absolute Gasteiger partial charge is 0.219 e. The first kappa shape index (κ1) is 63.1. The van der Waals surface area contributed by atoms with E-state index in [2.05, 4.69) is 16.0 Å². The summed E-state index contributed by atoms with van der Waals surface area (Å²) in [5.41, 5.74) is 1.43. The van der Waals surface area contributed by atoms with Crippen LogP contribution in [0.2, 0.25) is 0 Å². The summed E-state index contributed by atoms with van der Waals surface area (Å²) in [6.07, 6.45) is 3.30. The van der Waals surface area contributed by atoms with Crippen LogP contribution in [-0.2, 0) is 60.8 Å². The van der Waals surface area contributed by atoms with Crippen LogP contribution in [0.5, 0.6) is 34.5 Å². The Morgan fingerprint density at radius 2 is 0.899 bits per heavy atom. The van der Waals surface area contributed by atoms with E-state index in [-0.39, 0.29) is 62.3 Å². The van der Waals surface area contributed by atoms with Gasteiger partial charge in [0.05, 0.1) is 85.5 Å². The molecule has 5 amide bonds. The molecule has 2 aromatic rings. The minimum Gasteiger partial charge on any atom is -0.496 e. The van der Waals surface area contributed by atoms with E-state index in [1.807, 2.05) is 13.8 Å². The molecular formula is C48H79N5O16. The maximum absolute atomic E-state index is 12.2. The highest BCUT2D eigenvalue weighted by Gasteiger charge is 2.23. The second-order valence-electron chi connectivity index (χ2n) is 14.8. The molecule has 2 rings (SSSR count). The van der Waals surface area contributed by atoms with E-state index in [9.17, 15) is 28.8 Å². The van der Waals surface area contributed by atoms with Gasteiger partial charge in [0.25, 0.3) is 0 Å². The van der Waals surface area contributed by atoms with Gasteiger partial charge in [-0.05, 0) is 39.5 Å². The number of aldehydes is 1. The normalized spacial score (nSPS) is 10.4. The van der Waals surface area contributed by atoms with Crippen LogP contribution in [0.1, 0.15) is 84.3 Å². The number of ether oxygens (including phenoxy) is 10. The quantitative estimate of drug-likeness (QED) is 0.0533. The molecule has 0 heterocycles. The number of benzene rings is 2. The average Bonchev–Trinajstić information content (AvgIpc) is 3.33. The highest BCUT2D eigenvalue weighted by molar-refractivity contribution is 5.76. The Labute approximate surface area is 408 Å². The first-order chi connectivity index (χ1) is 33.1. The van der Waals surface area contributed by atoms with E-state index in [4.69, 9.17) is 47.4 Å². The molecule has 0 atom stereocenters. The third-order valence-electron chi connectivity index (χ3n) is 9.87. The monoisotopic (exact) mass is 982 g/mol. The molecule has 2 aromatic carbocycles. The number of carbonyl (C=O) groups is 6. The molecule has 0 radical (unpaired) electrons. The second kappa shape index (κ2) is 38.0. The lowest BCUT2D eigenvalue weighted by molar-refractivity contribution is -0.144. The zero-order valence-electron chi connectivity index (χ0n) is 43.1. The van der Waals surface area contributed by atoms with Gasteiger partial charge in [-0.15, -0.1) is 0 Å². The highest BCUT2D eigenvalue weighted by atomic mass is 16.7. The summed E-state index contributed by atoms with van der Waals surface area (Å²) in [5, 5.41) is 7.85. The van der Waals surface area contributed by atoms with Gasteiger partial charge in [0.1, 0.15) is 40.8 Å². The topological polar surface area (TPSA) is 237 Å². The first-order valence-electron chi connectivity index (χ1n) is 22.7. The maximum atomic E-state index is 12.2. The predicted molar refractivity (Wildman–Crippen MR) is 258 cm³/mol. The third kappa shape index (κ3) is 26.4. The van der Waals surface area contributed by atoms with Crippen LogP contribution in [0.25, 0.3) is 0 Å². The van der Waals surface area contributed by atoms with Gasteiger partial charge in [-0.3, -0.25) is 24.0 Å². The Hall–Kier alpha value is -5.90. The van der Waals surface area contributed by atoms with Crippen molar-refractivity contribution in [3.63, 3.8) is 0 Å². The van der Waals surface area contributed by atoms with E-state index in [0.717, 1.165) is 0 Å². The van der Waals surface area contributed by atoms with Crippen molar-refractivity contribution < 1.29 is 76.1 Å². The summed E-state index contributed by atoms with van der Waals surface area (Å²) in [4.78, 5) is 70.3. The highest BCUT2D eigenvalue weighted by Crippen LogP contribution is 2.37. The van der Waals surface area contributed by atoms with Crippen molar-refractivity contribution in [2.75, 3.05) is 103 Å². The fourth-order valence-corrected chi connectivity index (χ4v) is 6.10. The van der Waals surface area contributed by atoms with Crippen molar-refractivity contribution in [3.8, 4) is 34.5 Å². The molecular weight excluding hydrogens is 903 g/mol. The summed E-state index contributed by atoms with van der Waals surface area (Å²) in [7, 11) is 12.3. The summed E-state index contributed by atoms with van der Waals surface area (Å²) < 4.78 is 54.8. The molecule has 0 aromatic heterocycles. The van der Waals surface area contributed by atoms with Crippen molar-refractivity contribution in [2.45, 2.75) is 98.8 Å². The molecule has 0 saturated carbocycles. The lowest BCUT2D eigenvalue weighted by Gasteiger charge is -2.27. The number of methoxy groups -OCH3 is 8. The molecule has 69 heavy (non-hydrogen) atoms. The Kier molecular flexibility index (Phi) is 34.8. The lowest BCUT2D eigenvalue weighted by atomic mass is 10.1. The molecule has 3 N–H and O–H groups in total. The van der Waals surface area contributed by atoms with Crippen molar-refractivity contribution in [1.82, 2.24) is 25.8 Å². The molecule has 0 unspecified atom stereocenters. The SMILES string of the molecule is CC(=O)NCC=O.CCNC(=O)CCCCOc1cc(OC)cc(OC)c1CN(CC(OC)OC)C(C)=O.CCNC(=O)CCCCOc1cc(OC)cc(OC)c1CN(CC(OC)OC)C(C)=O. The zero-order chi connectivity index (χ0) is 52.1. The van der Waals surface area contributed by atoms with E-state index >= 15 is 0 Å². The Balaban J connectivity index is 0.00000118. The zero-order valence-corrected chi connectivity index (χ0v) is 43.1. The third-order valence-corrected chi connectivity index (χ3v) is 9.87. The van der Waals surface area contributed by atoms with Gasteiger partial charge in [0.15, 0.2) is 12.6 Å². The molecule has 0 aliphatic rings. The van der Waals surface area contributed by atoms with Crippen molar-refractivity contribution in [1.29, 1.82) is 0 Å². The first-order valence-corrected chi connectivity index (χ1v) is 22.7. The van der Waals surface area contributed by atoms with Crippen LogP contribution in [0.15, 0.2) is 24.3 Å². The number of rotatable bonds is 32. The van der Waals surface area contributed by atoms with Crippen molar-refractivity contribution >= 4 is 35.8 Å². The second-order valence-corrected chi connectivity index (χ2v) is 14.8. The number of carbonyl (C=O) groups excluding carboxylic acids is 6. The number of hydrogen-bond donors (Lipinski definition) is 3. The van der Waals surface area contributed by atoms with Crippen molar-refractivity contribution in [2.24, 2.45) is 0 Å². The Morgan fingerprint density at radius 1 is 0.536 bits per heavy atom. The predicted octanol–water partition coefficient (Wildman–Crippen LogP) is 4.03. The molecule has 0 spiro atoms. The summed E-state index contributed by atoms with van der Waals surface area (Å²) in [6, 6.07) is 7.04. The van der Waals surface area contributed by atoms with Crippen LogP contribution in [0.3, 0.4) is 0 Å². The van der Waals surface area contributed by atoms with Crippen LogP contribution < -0.4 is 44.4 Å². The number of nitrogens with one attached hydrogen (secondary N) is 3. The summed E-state index contributed by atoms with van der Waals surface area (Å²) >= 11 is 0. The molecule has 0 saturated heterocycles. The molecule has 21 nitrogen and oxygen atoms in total. The van der Waals surface area contributed by atoms with E-state index in [0.29, 0.717) is 117 Å². The summed E-state index contributed by atoms with van der Waals surface area (Å²) in [6.45, 7) is 11.3. The molecule has 21 heteroatoms. The van der Waals surface area contributed by atoms with Gasteiger partial charge in [-0.25, -0.2) is 0 Å². The van der Waals surface area contributed by atoms with E-state index < -0.39 is 12.6 Å². The van der Waals surface area contributed by atoms with Crippen LogP contribution in [-0.4, -0.2) is 161 Å². The fraction of sp³-hybridized carbons (Fsp3) is 0.625. The fourth-order valence-electron chi connectivity index (χ4n) is 6.10. The van der Waals surface area contributed by atoms with Gasteiger partial charge in [-0.2, -0.15) is 0 Å². The molecule has 0 aliphatic carbocycles. The standard InChI is InChI=1S/2C22H36N2O7.C4H7NO2/c2*1-7-23-21(26)10-8-9-11-31-20-13-17(27-3)12-19(28-4)18(20)14-24(16(2)25)15-22(29-5)30-6;1-4(7)5-2-3-6/h2*12-13,22H,7-11,14-15H2,1-6H3,(H,23,26);3H,2H2,1H3,(H,5,7). The maximum Gasteiger partial charge on any atom is 0.219 e. The lowest BCUT2D eigenvalue weighted by Crippen LogP contribution is -2.37. The number of nitrogens with zero attached hydrogens (tertiary/aromatic N) is 2. The molecule has 0 bridgehead atoms. The molecule has 0 fully saturated rings. The minimum absolute atomic E-state index is 0.0363. The van der Waals surface area contributed by atoms with Crippen LogP contribution in [0, 0.1) is 0 Å². The summed E-state index contributed by atoms with van der Waals surface area (Å²) in [5.74, 6) is 3.02. The minimum atomic E-state index is -0.549. The van der Waals surface area contributed by atoms with E-state index in [1.54, 1.807) is 62.5 Å². The Morgan fingerprint density at radius 3 is 1.16 bits per heavy atom. The van der Waals surface area contributed by atoms with Gasteiger partial charge in [-0.1, -0.05) is 0 Å². The number of amides is 5. The van der Waals surface area contributed by atoms with E-state index in [1.165, 1.54) is 49.2 Å². The van der Waals surface area contributed by atoms with Gasteiger partial charge >= 0.3 is 0 Å². The van der Waals surface area contributed by atoms with Gasteiger partial charge in [0.2, 0.25) is 29.5 Å². The average molecular weight is 982 g/mol. The molecule has 392 valence electrons. The number of unbranched alkanes of at least 4 members (excludes halogenated alkanes) is 2. The number of hydrogen-bond acceptors (Lipinski definition) is 16. The van der Waals surface area contributed by atoms with Crippen molar-refractivity contribution in [3.05, 3.63) is 35.4 Å². The van der Waals surface area contributed by atoms with Crippen LogP contribution >= 0.6 is 0 Å². The molecule has 0 aliphatic heterocycles. The largest absolute Gasteiger partial charge is 0.496 e. The van der Waals surface area contributed by atoms with Gasteiger partial charge < -0.3 is 77.9 Å².